The van der Waals surface area contributed by atoms with E-state index in [1.165, 1.54) is 9.14 Å². The van der Waals surface area contributed by atoms with Crippen LogP contribution in [0.15, 0.2) is 45.2 Å². The van der Waals surface area contributed by atoms with E-state index in [1.807, 2.05) is 18.2 Å². The highest BCUT2D eigenvalue weighted by atomic mass is 127. The molecule has 0 aliphatic carbocycles. The quantitative estimate of drug-likeness (QED) is 0.598. The molecule has 0 fully saturated rings. The van der Waals surface area contributed by atoms with Crippen molar-refractivity contribution in [3.05, 3.63) is 50.7 Å². The van der Waals surface area contributed by atoms with Gasteiger partial charge in [-0.25, -0.2) is 0 Å². The second-order valence-electron chi connectivity index (χ2n) is 3.78. The lowest BCUT2D eigenvalue weighted by atomic mass is 10.2. The molecule has 2 nitrogen and oxygen atoms in total. The van der Waals surface area contributed by atoms with E-state index in [-0.39, 0.29) is 0 Å². The zero-order valence-corrected chi connectivity index (χ0v) is 12.4. The summed E-state index contributed by atoms with van der Waals surface area (Å²) < 4.78 is 6.33. The Morgan fingerprint density at radius 2 is 2.06 bits per heavy atom. The molecule has 0 atom stereocenters. The van der Waals surface area contributed by atoms with Crippen molar-refractivity contribution in [1.82, 2.24) is 4.90 Å². The topological polar surface area (TPSA) is 12.5 Å². The lowest BCUT2D eigenvalue weighted by molar-refractivity contribution is 0.391. The number of halogens is 2. The van der Waals surface area contributed by atoms with Gasteiger partial charge in [0.2, 0.25) is 0 Å². The van der Waals surface area contributed by atoms with Crippen LogP contribution in [0.5, 0.6) is 5.75 Å². The Kier molecular flexibility index (Phi) is 4.34. The van der Waals surface area contributed by atoms with Gasteiger partial charge in [-0.05, 0) is 46.4 Å². The second kappa shape index (κ2) is 5.78. The van der Waals surface area contributed by atoms with Gasteiger partial charge >= 0.3 is 0 Å². The first-order valence-corrected chi connectivity index (χ1v) is 6.75. The van der Waals surface area contributed by atoms with Gasteiger partial charge < -0.3 is 9.64 Å². The predicted molar refractivity (Wildman–Crippen MR) is 79.4 cm³/mol. The molecule has 1 aliphatic heterocycles. The van der Waals surface area contributed by atoms with Crippen LogP contribution in [0.1, 0.15) is 5.56 Å². The van der Waals surface area contributed by atoms with E-state index in [4.69, 9.17) is 16.3 Å². The molecule has 17 heavy (non-hydrogen) atoms. The van der Waals surface area contributed by atoms with Crippen molar-refractivity contribution in [1.29, 1.82) is 0 Å². The van der Waals surface area contributed by atoms with Gasteiger partial charge in [0.05, 0.1) is 7.11 Å². The highest BCUT2D eigenvalue weighted by Crippen LogP contribution is 2.24. The van der Waals surface area contributed by atoms with E-state index < -0.39 is 0 Å². The Bertz CT molecular complexity index is 453. The van der Waals surface area contributed by atoms with E-state index >= 15 is 0 Å². The highest BCUT2D eigenvalue weighted by Gasteiger charge is 2.11. The fourth-order valence-electron chi connectivity index (χ4n) is 1.64. The molecular formula is C13H13ClINO. The third kappa shape index (κ3) is 3.39. The number of rotatable bonds is 3. The minimum atomic E-state index is 0.799. The van der Waals surface area contributed by atoms with E-state index in [1.54, 1.807) is 7.11 Å². The van der Waals surface area contributed by atoms with Crippen LogP contribution in [0.4, 0.5) is 0 Å². The van der Waals surface area contributed by atoms with Crippen molar-refractivity contribution in [2.24, 2.45) is 0 Å². The summed E-state index contributed by atoms with van der Waals surface area (Å²) in [5.74, 6) is 0.878. The van der Waals surface area contributed by atoms with Crippen LogP contribution in [-0.4, -0.2) is 18.6 Å². The van der Waals surface area contributed by atoms with Gasteiger partial charge in [0.25, 0.3) is 0 Å². The molecule has 0 aromatic heterocycles. The number of ether oxygens (including phenoxy) is 1. The number of hydrogen-bond donors (Lipinski definition) is 0. The summed E-state index contributed by atoms with van der Waals surface area (Å²) in [4.78, 5) is 2.13. The molecule has 1 aromatic carbocycles. The zero-order chi connectivity index (χ0) is 12.3. The predicted octanol–water partition coefficient (Wildman–Crippen LogP) is 3.91. The van der Waals surface area contributed by atoms with Gasteiger partial charge in [-0.1, -0.05) is 29.8 Å². The molecule has 0 radical (unpaired) electrons. The molecular weight excluding hydrogens is 349 g/mol. The molecule has 1 aromatic rings. The monoisotopic (exact) mass is 361 g/mol. The van der Waals surface area contributed by atoms with E-state index in [0.29, 0.717) is 0 Å². The van der Waals surface area contributed by atoms with Crippen molar-refractivity contribution >= 4 is 34.2 Å². The first-order valence-electron chi connectivity index (χ1n) is 5.30. The number of nitrogens with zero attached hydrogens (tertiary/aromatic N) is 1. The van der Waals surface area contributed by atoms with Gasteiger partial charge in [-0.15, -0.1) is 0 Å². The van der Waals surface area contributed by atoms with Gasteiger partial charge in [0.1, 0.15) is 10.9 Å². The van der Waals surface area contributed by atoms with Crippen LogP contribution >= 0.6 is 34.2 Å². The Labute approximate surface area is 120 Å². The molecule has 1 aliphatic rings. The van der Waals surface area contributed by atoms with E-state index in [2.05, 4.69) is 45.7 Å². The molecule has 0 bridgehead atoms. The lowest BCUT2D eigenvalue weighted by Gasteiger charge is -2.25. The van der Waals surface area contributed by atoms with Crippen molar-refractivity contribution in [2.75, 3.05) is 13.7 Å². The SMILES string of the molecule is COc1ccc(CN2CC=C(I)C=C2Cl)cc1. The average Bonchev–Trinajstić information content (AvgIpc) is 2.34. The number of allylic oxidation sites excluding steroid dienone is 2. The lowest BCUT2D eigenvalue weighted by Crippen LogP contribution is -2.22. The zero-order valence-electron chi connectivity index (χ0n) is 9.49. The van der Waals surface area contributed by atoms with Gasteiger partial charge in [-0.3, -0.25) is 0 Å². The third-order valence-electron chi connectivity index (χ3n) is 2.60. The molecule has 0 spiro atoms. The van der Waals surface area contributed by atoms with Crippen molar-refractivity contribution < 1.29 is 4.74 Å². The van der Waals surface area contributed by atoms with E-state index in [9.17, 15) is 0 Å². The molecule has 2 rings (SSSR count). The highest BCUT2D eigenvalue weighted by molar-refractivity contribution is 14.1. The molecule has 0 saturated heterocycles. The smallest absolute Gasteiger partial charge is 0.118 e. The summed E-state index contributed by atoms with van der Waals surface area (Å²) in [7, 11) is 1.67. The fourth-order valence-corrected chi connectivity index (χ4v) is 2.56. The maximum absolute atomic E-state index is 6.20. The molecule has 90 valence electrons. The third-order valence-corrected chi connectivity index (χ3v) is 3.70. The number of methoxy groups -OCH3 is 1. The average molecular weight is 362 g/mol. The molecule has 4 heteroatoms. The normalized spacial score (nSPS) is 15.4. The van der Waals surface area contributed by atoms with Crippen molar-refractivity contribution in [3.63, 3.8) is 0 Å². The molecule has 0 N–H and O–H groups in total. The van der Waals surface area contributed by atoms with Crippen LogP contribution in [0.3, 0.4) is 0 Å². The first-order chi connectivity index (χ1) is 8.19. The summed E-state index contributed by atoms with van der Waals surface area (Å²) in [6.45, 7) is 1.68. The minimum Gasteiger partial charge on any atom is -0.497 e. The summed E-state index contributed by atoms with van der Waals surface area (Å²) in [5.41, 5.74) is 1.22. The van der Waals surface area contributed by atoms with Gasteiger partial charge in [0, 0.05) is 16.7 Å². The first kappa shape index (κ1) is 12.8. The van der Waals surface area contributed by atoms with Crippen LogP contribution in [0, 0.1) is 0 Å². The Balaban J connectivity index is 2.04. The maximum atomic E-state index is 6.20. The van der Waals surface area contributed by atoms with Gasteiger partial charge in [-0.2, -0.15) is 0 Å². The van der Waals surface area contributed by atoms with Crippen molar-refractivity contribution in [3.8, 4) is 5.75 Å². The van der Waals surface area contributed by atoms with Crippen molar-refractivity contribution in [2.45, 2.75) is 6.54 Å². The maximum Gasteiger partial charge on any atom is 0.118 e. The number of benzene rings is 1. The standard InChI is InChI=1S/C13H13ClINO/c1-17-12-4-2-10(3-5-12)9-16-7-6-11(15)8-13(16)14/h2-6,8H,7,9H2,1H3. The van der Waals surface area contributed by atoms with Crippen LogP contribution in [0.2, 0.25) is 0 Å². The summed E-state index contributed by atoms with van der Waals surface area (Å²) >= 11 is 8.48. The molecule has 1 heterocycles. The van der Waals surface area contributed by atoms with Crippen LogP contribution in [-0.2, 0) is 6.54 Å². The molecule has 0 amide bonds. The fraction of sp³-hybridized carbons (Fsp3) is 0.231. The second-order valence-corrected chi connectivity index (χ2v) is 5.42. The Morgan fingerprint density at radius 1 is 1.35 bits per heavy atom. The summed E-state index contributed by atoms with van der Waals surface area (Å²) in [6.07, 6.45) is 4.14. The van der Waals surface area contributed by atoms with Gasteiger partial charge in [0.15, 0.2) is 0 Å². The molecule has 0 saturated carbocycles. The Morgan fingerprint density at radius 3 is 2.65 bits per heavy atom. The minimum absolute atomic E-state index is 0.799. The number of hydrogen-bond acceptors (Lipinski definition) is 2. The molecule has 0 unspecified atom stereocenters. The van der Waals surface area contributed by atoms with Crippen LogP contribution in [0.25, 0.3) is 0 Å². The largest absolute Gasteiger partial charge is 0.497 e. The summed E-state index contributed by atoms with van der Waals surface area (Å²) in [6, 6.07) is 8.06. The summed E-state index contributed by atoms with van der Waals surface area (Å²) in [5, 5.41) is 0.799. The van der Waals surface area contributed by atoms with Crippen LogP contribution < -0.4 is 4.74 Å². The van der Waals surface area contributed by atoms with E-state index in [0.717, 1.165) is 24.0 Å². The Hall–Kier alpha value is -0.680.